The third-order valence-corrected chi connectivity index (χ3v) is 7.52. The highest BCUT2D eigenvalue weighted by atomic mass is 35.5. The number of nitrogens with one attached hydrogen (secondary N) is 1. The van der Waals surface area contributed by atoms with Crippen molar-refractivity contribution < 1.29 is 18.7 Å². The maximum absolute atomic E-state index is 14.9. The van der Waals surface area contributed by atoms with Crippen LogP contribution in [0.1, 0.15) is 56.6 Å². The van der Waals surface area contributed by atoms with Crippen LogP contribution in [-0.2, 0) is 4.79 Å². The molecule has 4 N–H and O–H groups in total. The van der Waals surface area contributed by atoms with Gasteiger partial charge < -0.3 is 16.2 Å². The van der Waals surface area contributed by atoms with Gasteiger partial charge in [-0.25, -0.2) is 8.78 Å². The Morgan fingerprint density at radius 1 is 1.30 bits per heavy atom. The van der Waals surface area contributed by atoms with Crippen LogP contribution in [0.15, 0.2) is 6.07 Å². The molecule has 4 nitrogen and oxygen atoms in total. The summed E-state index contributed by atoms with van der Waals surface area (Å²) in [6.45, 7) is 0. The van der Waals surface area contributed by atoms with E-state index in [4.69, 9.17) is 28.9 Å². The molecular formula is C19H22Cl2F2N2O2. The summed E-state index contributed by atoms with van der Waals surface area (Å²) in [6, 6.07) is 0.177. The number of phenols is 1. The van der Waals surface area contributed by atoms with E-state index in [-0.39, 0.29) is 39.9 Å². The molecule has 0 radical (unpaired) electrons. The van der Waals surface area contributed by atoms with Crippen molar-refractivity contribution in [2.45, 2.75) is 62.7 Å². The van der Waals surface area contributed by atoms with Crippen molar-refractivity contribution in [1.82, 2.24) is 5.32 Å². The topological polar surface area (TPSA) is 75.4 Å². The molecule has 0 saturated heterocycles. The molecule has 0 aliphatic heterocycles. The van der Waals surface area contributed by atoms with Gasteiger partial charge in [-0.3, -0.25) is 4.79 Å². The first-order valence-electron chi connectivity index (χ1n) is 9.25. The van der Waals surface area contributed by atoms with Gasteiger partial charge >= 0.3 is 0 Å². The van der Waals surface area contributed by atoms with Crippen molar-refractivity contribution in [1.29, 1.82) is 0 Å². The first-order chi connectivity index (χ1) is 12.6. The molecule has 1 aromatic carbocycles. The van der Waals surface area contributed by atoms with Crippen LogP contribution in [-0.4, -0.2) is 22.7 Å². The highest BCUT2D eigenvalue weighted by molar-refractivity contribution is 6.42. The normalized spacial score (nSPS) is 35.7. The van der Waals surface area contributed by atoms with E-state index in [0.717, 1.165) is 6.07 Å². The van der Waals surface area contributed by atoms with Crippen LogP contribution in [0, 0.1) is 17.2 Å². The van der Waals surface area contributed by atoms with Gasteiger partial charge in [-0.05, 0) is 50.4 Å². The first-order valence-corrected chi connectivity index (χ1v) is 10.0. The molecule has 0 unspecified atom stereocenters. The molecule has 3 fully saturated rings. The minimum Gasteiger partial charge on any atom is -0.505 e. The number of carbonyl (C=O) groups is 1. The second kappa shape index (κ2) is 6.46. The number of fused-ring (bicyclic) bond motifs is 2. The predicted octanol–water partition coefficient (Wildman–Crippen LogP) is 4.41. The van der Waals surface area contributed by atoms with E-state index in [1.807, 2.05) is 0 Å². The summed E-state index contributed by atoms with van der Waals surface area (Å²) < 4.78 is 29.8. The summed E-state index contributed by atoms with van der Waals surface area (Å²) in [6.07, 6.45) is 3.14. The summed E-state index contributed by atoms with van der Waals surface area (Å²) in [4.78, 5) is 12.7. The highest BCUT2D eigenvalue weighted by Gasteiger charge is 2.59. The van der Waals surface area contributed by atoms with E-state index in [1.165, 1.54) is 0 Å². The van der Waals surface area contributed by atoms with Crippen LogP contribution in [0.4, 0.5) is 8.78 Å². The van der Waals surface area contributed by atoms with Gasteiger partial charge in [-0.15, -0.1) is 0 Å². The Bertz CT molecular complexity index is 764. The number of carbonyl (C=O) groups excluding carboxylic acids is 1. The van der Waals surface area contributed by atoms with Gasteiger partial charge in [0.05, 0.1) is 16.1 Å². The number of aromatic hydroxyl groups is 1. The monoisotopic (exact) mass is 418 g/mol. The summed E-state index contributed by atoms with van der Waals surface area (Å²) in [5, 5.41) is 12.8. The minimum atomic E-state index is -1.29. The van der Waals surface area contributed by atoms with Gasteiger partial charge in [0.1, 0.15) is 5.67 Å². The molecule has 2 bridgehead atoms. The second-order valence-corrected chi connectivity index (χ2v) is 9.26. The van der Waals surface area contributed by atoms with E-state index in [0.29, 0.717) is 38.5 Å². The van der Waals surface area contributed by atoms with Crippen molar-refractivity contribution >= 4 is 29.1 Å². The van der Waals surface area contributed by atoms with Crippen molar-refractivity contribution in [2.24, 2.45) is 17.1 Å². The molecule has 27 heavy (non-hydrogen) atoms. The average molecular weight is 419 g/mol. The van der Waals surface area contributed by atoms with Crippen molar-refractivity contribution in [3.63, 3.8) is 0 Å². The van der Waals surface area contributed by atoms with Gasteiger partial charge in [-0.2, -0.15) is 0 Å². The van der Waals surface area contributed by atoms with E-state index in [1.54, 1.807) is 0 Å². The third kappa shape index (κ3) is 3.10. The van der Waals surface area contributed by atoms with Crippen LogP contribution in [0.25, 0.3) is 0 Å². The van der Waals surface area contributed by atoms with E-state index in [9.17, 15) is 18.7 Å². The Labute approximate surface area is 166 Å². The molecule has 1 atom stereocenters. The molecule has 1 aromatic rings. The molecule has 1 amide bonds. The SMILES string of the molecule is NC1CC(C(=O)N[C@H](c2c(F)c(O)cc(Cl)c2Cl)C23CCC(F)(CC2)C3)C1. The lowest BCUT2D eigenvalue weighted by Crippen LogP contribution is -2.48. The van der Waals surface area contributed by atoms with Gasteiger partial charge in [-0.1, -0.05) is 23.2 Å². The van der Waals surface area contributed by atoms with Crippen LogP contribution < -0.4 is 11.1 Å². The number of rotatable bonds is 4. The number of hydrogen-bond acceptors (Lipinski definition) is 3. The zero-order valence-corrected chi connectivity index (χ0v) is 16.2. The maximum Gasteiger partial charge on any atom is 0.223 e. The molecular weight excluding hydrogens is 397 g/mol. The zero-order chi connectivity index (χ0) is 19.6. The fourth-order valence-electron chi connectivity index (χ4n) is 5.10. The average Bonchev–Trinajstić information content (AvgIpc) is 3.11. The van der Waals surface area contributed by atoms with Gasteiger partial charge in [0.25, 0.3) is 0 Å². The second-order valence-electron chi connectivity index (χ2n) is 8.48. The minimum absolute atomic E-state index is 0.00520. The lowest BCUT2D eigenvalue weighted by atomic mass is 9.73. The lowest BCUT2D eigenvalue weighted by Gasteiger charge is -2.40. The van der Waals surface area contributed by atoms with Gasteiger partial charge in [0, 0.05) is 23.6 Å². The summed E-state index contributed by atoms with van der Waals surface area (Å²) in [7, 11) is 0. The van der Waals surface area contributed by atoms with E-state index in [2.05, 4.69) is 5.32 Å². The standard InChI is InChI=1S/C19H22Cl2F2N2O2/c20-11-7-12(26)15(22)13(14(11)21)16(25-17(27)9-5-10(24)6-9)18-1-3-19(23,8-18)4-2-18/h7,9-10,16,26H,1-6,8,24H2,(H,25,27)/t9?,10?,16-,18?,19?/m1/s1. The van der Waals surface area contributed by atoms with E-state index >= 15 is 0 Å². The van der Waals surface area contributed by atoms with Crippen LogP contribution in [0.3, 0.4) is 0 Å². The molecule has 3 aliphatic rings. The maximum atomic E-state index is 14.9. The van der Waals surface area contributed by atoms with Gasteiger partial charge in [0.15, 0.2) is 11.6 Å². The van der Waals surface area contributed by atoms with Gasteiger partial charge in [0.2, 0.25) is 5.91 Å². The Morgan fingerprint density at radius 3 is 2.44 bits per heavy atom. The summed E-state index contributed by atoms with van der Waals surface area (Å²) >= 11 is 12.4. The quantitative estimate of drug-likeness (QED) is 0.633. The number of halogens is 4. The smallest absolute Gasteiger partial charge is 0.223 e. The summed E-state index contributed by atoms with van der Waals surface area (Å²) in [5.74, 6) is -2.04. The summed E-state index contributed by atoms with van der Waals surface area (Å²) in [5.41, 5.74) is 3.80. The van der Waals surface area contributed by atoms with Crippen LogP contribution in [0.5, 0.6) is 5.75 Å². The molecule has 3 aliphatic carbocycles. The van der Waals surface area contributed by atoms with Crippen molar-refractivity contribution in [2.75, 3.05) is 0 Å². The molecule has 8 heteroatoms. The lowest BCUT2D eigenvalue weighted by molar-refractivity contribution is -0.129. The molecule has 0 aromatic heterocycles. The molecule has 148 valence electrons. The Morgan fingerprint density at radius 2 is 1.93 bits per heavy atom. The third-order valence-electron chi connectivity index (χ3n) is 6.71. The molecule has 0 heterocycles. The predicted molar refractivity (Wildman–Crippen MR) is 99.0 cm³/mol. The number of phenolic OH excluding ortho intramolecular Hbond substituents is 1. The fraction of sp³-hybridized carbons (Fsp3) is 0.632. The number of benzene rings is 1. The van der Waals surface area contributed by atoms with Crippen LogP contribution >= 0.6 is 23.2 Å². The molecule has 4 rings (SSSR count). The number of nitrogens with two attached hydrogens (primary N) is 1. The molecule has 3 saturated carbocycles. The van der Waals surface area contributed by atoms with Crippen molar-refractivity contribution in [3.8, 4) is 5.75 Å². The largest absolute Gasteiger partial charge is 0.505 e. The van der Waals surface area contributed by atoms with E-state index < -0.39 is 28.7 Å². The zero-order valence-electron chi connectivity index (χ0n) is 14.7. The number of alkyl halides is 1. The Hall–Kier alpha value is -1.11. The number of hydrogen-bond donors (Lipinski definition) is 3. The first kappa shape index (κ1) is 19.2. The molecule has 0 spiro atoms. The Kier molecular flexibility index (Phi) is 4.60. The Balaban J connectivity index is 1.75. The fourth-order valence-corrected chi connectivity index (χ4v) is 5.55. The highest BCUT2D eigenvalue weighted by Crippen LogP contribution is 2.64. The van der Waals surface area contributed by atoms with Crippen LogP contribution in [0.2, 0.25) is 10.0 Å². The number of amides is 1. The van der Waals surface area contributed by atoms with Crippen molar-refractivity contribution in [3.05, 3.63) is 27.5 Å².